The van der Waals surface area contributed by atoms with Crippen molar-refractivity contribution in [3.05, 3.63) is 21.9 Å². The van der Waals surface area contributed by atoms with Crippen LogP contribution in [0, 0.1) is 0 Å². The van der Waals surface area contributed by atoms with Gasteiger partial charge >= 0.3 is 0 Å². The number of nitrogens with two attached hydrogens (primary N) is 1. The van der Waals surface area contributed by atoms with Gasteiger partial charge in [0.15, 0.2) is 6.29 Å². The standard InChI is InChI=1S/C7H5BrF2N2O/c8-6-5(11)4(7(9)10)3(2-13)1-12-6/h1-2,7H,11H2. The maximum absolute atomic E-state index is 12.4. The molecular formula is C7H5BrF2N2O. The number of aldehydes is 1. The molecule has 0 atom stereocenters. The number of pyridine rings is 1. The molecule has 0 amide bonds. The number of hydrogen-bond acceptors (Lipinski definition) is 3. The van der Waals surface area contributed by atoms with E-state index in [1.54, 1.807) is 0 Å². The van der Waals surface area contributed by atoms with Crippen LogP contribution in [0.3, 0.4) is 0 Å². The summed E-state index contributed by atoms with van der Waals surface area (Å²) in [4.78, 5) is 14.0. The summed E-state index contributed by atoms with van der Waals surface area (Å²) in [6.45, 7) is 0. The molecule has 1 heterocycles. The van der Waals surface area contributed by atoms with Crippen molar-refractivity contribution in [1.29, 1.82) is 0 Å². The Balaban J connectivity index is 3.41. The van der Waals surface area contributed by atoms with E-state index in [0.29, 0.717) is 6.29 Å². The second-order valence-electron chi connectivity index (χ2n) is 2.25. The minimum absolute atomic E-state index is 0.119. The highest BCUT2D eigenvalue weighted by Gasteiger charge is 2.18. The molecule has 0 spiro atoms. The highest BCUT2D eigenvalue weighted by atomic mass is 79.9. The lowest BCUT2D eigenvalue weighted by Crippen LogP contribution is -2.02. The van der Waals surface area contributed by atoms with Gasteiger partial charge in [0.1, 0.15) is 4.60 Å². The maximum atomic E-state index is 12.4. The molecule has 70 valence electrons. The minimum atomic E-state index is -2.78. The van der Waals surface area contributed by atoms with E-state index in [0.717, 1.165) is 6.20 Å². The molecule has 1 rings (SSSR count). The first-order valence-corrected chi connectivity index (χ1v) is 4.04. The summed E-state index contributed by atoms with van der Waals surface area (Å²) in [6, 6.07) is 0. The molecule has 0 aliphatic heterocycles. The third-order valence-electron chi connectivity index (χ3n) is 1.49. The molecule has 0 aromatic carbocycles. The van der Waals surface area contributed by atoms with E-state index in [1.807, 2.05) is 0 Å². The van der Waals surface area contributed by atoms with Crippen molar-refractivity contribution < 1.29 is 13.6 Å². The van der Waals surface area contributed by atoms with Gasteiger partial charge in [0, 0.05) is 11.8 Å². The highest BCUT2D eigenvalue weighted by molar-refractivity contribution is 9.10. The van der Waals surface area contributed by atoms with E-state index in [4.69, 9.17) is 5.73 Å². The summed E-state index contributed by atoms with van der Waals surface area (Å²) in [5.74, 6) is 0. The normalized spacial score (nSPS) is 10.5. The molecule has 1 aromatic rings. The summed E-state index contributed by atoms with van der Waals surface area (Å²) in [6.07, 6.45) is -1.42. The van der Waals surface area contributed by atoms with Crippen LogP contribution in [0.15, 0.2) is 10.8 Å². The molecule has 3 nitrogen and oxygen atoms in total. The van der Waals surface area contributed by atoms with Gasteiger partial charge in [-0.15, -0.1) is 0 Å². The van der Waals surface area contributed by atoms with Gasteiger partial charge in [0.25, 0.3) is 6.43 Å². The van der Waals surface area contributed by atoms with Crippen LogP contribution in [-0.2, 0) is 0 Å². The van der Waals surface area contributed by atoms with Crippen LogP contribution in [0.1, 0.15) is 22.3 Å². The Hall–Kier alpha value is -1.04. The number of aromatic nitrogens is 1. The van der Waals surface area contributed by atoms with E-state index in [2.05, 4.69) is 20.9 Å². The molecule has 6 heteroatoms. The Morgan fingerprint density at radius 3 is 2.69 bits per heavy atom. The molecule has 0 aliphatic carbocycles. The molecule has 0 bridgehead atoms. The van der Waals surface area contributed by atoms with Crippen LogP contribution >= 0.6 is 15.9 Å². The van der Waals surface area contributed by atoms with Gasteiger partial charge in [-0.2, -0.15) is 0 Å². The number of rotatable bonds is 2. The van der Waals surface area contributed by atoms with Crippen molar-refractivity contribution in [2.45, 2.75) is 6.43 Å². The largest absolute Gasteiger partial charge is 0.396 e. The second kappa shape index (κ2) is 3.78. The average Bonchev–Trinajstić information content (AvgIpc) is 2.08. The molecule has 0 radical (unpaired) electrons. The lowest BCUT2D eigenvalue weighted by Gasteiger charge is -2.07. The van der Waals surface area contributed by atoms with Crippen molar-refractivity contribution in [2.24, 2.45) is 0 Å². The first-order chi connectivity index (χ1) is 6.07. The highest BCUT2D eigenvalue weighted by Crippen LogP contribution is 2.31. The smallest absolute Gasteiger partial charge is 0.266 e. The van der Waals surface area contributed by atoms with E-state index in [9.17, 15) is 13.6 Å². The number of hydrogen-bond donors (Lipinski definition) is 1. The fraction of sp³-hybridized carbons (Fsp3) is 0.143. The molecule has 2 N–H and O–H groups in total. The first-order valence-electron chi connectivity index (χ1n) is 3.25. The van der Waals surface area contributed by atoms with Crippen LogP contribution in [0.5, 0.6) is 0 Å². The van der Waals surface area contributed by atoms with Gasteiger partial charge in [-0.1, -0.05) is 0 Å². The third kappa shape index (κ3) is 1.82. The topological polar surface area (TPSA) is 56.0 Å². The van der Waals surface area contributed by atoms with E-state index >= 15 is 0 Å². The van der Waals surface area contributed by atoms with Crippen LogP contribution in [-0.4, -0.2) is 11.3 Å². The number of alkyl halides is 2. The van der Waals surface area contributed by atoms with Gasteiger partial charge in [0.2, 0.25) is 0 Å². The number of nitrogen functional groups attached to an aromatic ring is 1. The lowest BCUT2D eigenvalue weighted by atomic mass is 10.1. The van der Waals surface area contributed by atoms with Crippen molar-refractivity contribution in [1.82, 2.24) is 4.98 Å². The number of halogens is 3. The molecule has 0 saturated carbocycles. The molecule has 13 heavy (non-hydrogen) atoms. The van der Waals surface area contributed by atoms with E-state index in [1.165, 1.54) is 0 Å². The first kappa shape index (κ1) is 10.0. The number of carbonyl (C=O) groups is 1. The monoisotopic (exact) mass is 250 g/mol. The quantitative estimate of drug-likeness (QED) is 0.647. The molecule has 0 aliphatic rings. The number of anilines is 1. The SMILES string of the molecule is Nc1c(Br)ncc(C=O)c1C(F)F. The Bertz CT molecular complexity index is 344. The minimum Gasteiger partial charge on any atom is -0.396 e. The number of nitrogens with zero attached hydrogens (tertiary/aromatic N) is 1. The van der Waals surface area contributed by atoms with Crippen LogP contribution < -0.4 is 5.73 Å². The van der Waals surface area contributed by atoms with E-state index < -0.39 is 12.0 Å². The molecule has 0 fully saturated rings. The second-order valence-corrected chi connectivity index (χ2v) is 3.00. The van der Waals surface area contributed by atoms with Gasteiger partial charge in [-0.05, 0) is 15.9 Å². The maximum Gasteiger partial charge on any atom is 0.266 e. The molecular weight excluding hydrogens is 246 g/mol. The summed E-state index contributed by atoms with van der Waals surface area (Å²) < 4.78 is 24.9. The average molecular weight is 251 g/mol. The zero-order chi connectivity index (χ0) is 10.0. The number of carbonyl (C=O) groups excluding carboxylic acids is 1. The Kier molecular flexibility index (Phi) is 2.92. The van der Waals surface area contributed by atoms with Gasteiger partial charge in [0.05, 0.1) is 11.3 Å². The Labute approximate surface area is 81.1 Å². The summed E-state index contributed by atoms with van der Waals surface area (Å²) in [7, 11) is 0. The van der Waals surface area contributed by atoms with Crippen LogP contribution in [0.25, 0.3) is 0 Å². The fourth-order valence-corrected chi connectivity index (χ4v) is 1.19. The predicted octanol–water partition coefficient (Wildman–Crippen LogP) is 2.18. The zero-order valence-electron chi connectivity index (χ0n) is 6.30. The van der Waals surface area contributed by atoms with Crippen molar-refractivity contribution >= 4 is 27.9 Å². The van der Waals surface area contributed by atoms with Crippen molar-refractivity contribution in [2.75, 3.05) is 5.73 Å². The van der Waals surface area contributed by atoms with Gasteiger partial charge < -0.3 is 5.73 Å². The Morgan fingerprint density at radius 1 is 1.62 bits per heavy atom. The fourth-order valence-electron chi connectivity index (χ4n) is 0.869. The summed E-state index contributed by atoms with van der Waals surface area (Å²) in [5.41, 5.74) is 4.46. The van der Waals surface area contributed by atoms with Crippen LogP contribution in [0.2, 0.25) is 0 Å². The zero-order valence-corrected chi connectivity index (χ0v) is 7.88. The van der Waals surface area contributed by atoms with Gasteiger partial charge in [-0.25, -0.2) is 13.8 Å². The van der Waals surface area contributed by atoms with E-state index in [-0.39, 0.29) is 15.9 Å². The molecule has 0 unspecified atom stereocenters. The van der Waals surface area contributed by atoms with Crippen molar-refractivity contribution in [3.8, 4) is 0 Å². The summed E-state index contributed by atoms with van der Waals surface area (Å²) in [5, 5.41) is 0. The Morgan fingerprint density at radius 2 is 2.23 bits per heavy atom. The molecule has 0 saturated heterocycles. The van der Waals surface area contributed by atoms with Crippen LogP contribution in [0.4, 0.5) is 14.5 Å². The lowest BCUT2D eigenvalue weighted by molar-refractivity contribution is 0.110. The third-order valence-corrected chi connectivity index (χ3v) is 2.12. The van der Waals surface area contributed by atoms with Gasteiger partial charge in [-0.3, -0.25) is 4.79 Å². The van der Waals surface area contributed by atoms with Crippen molar-refractivity contribution in [3.63, 3.8) is 0 Å². The molecule has 1 aromatic heterocycles. The summed E-state index contributed by atoms with van der Waals surface area (Å²) >= 11 is 2.89. The predicted molar refractivity (Wildman–Crippen MR) is 46.7 cm³/mol.